The average molecular weight is 371 g/mol. The molecule has 0 aliphatic rings. The Morgan fingerprint density at radius 3 is 2.30 bits per heavy atom. The van der Waals surface area contributed by atoms with Gasteiger partial charge in [0.05, 0.1) is 24.0 Å². The van der Waals surface area contributed by atoms with Crippen LogP contribution in [0.3, 0.4) is 0 Å². The lowest BCUT2D eigenvalue weighted by Gasteiger charge is -2.16. The Bertz CT molecular complexity index is 770. The van der Waals surface area contributed by atoms with E-state index in [0.717, 1.165) is 0 Å². The second kappa shape index (κ2) is 9.62. The van der Waals surface area contributed by atoms with Crippen molar-refractivity contribution in [3.63, 3.8) is 0 Å². The predicted octanol–water partition coefficient (Wildman–Crippen LogP) is 4.06. The lowest BCUT2D eigenvalue weighted by atomic mass is 10.2. The van der Waals surface area contributed by atoms with Gasteiger partial charge in [-0.2, -0.15) is 0 Å². The zero-order chi connectivity index (χ0) is 19.8. The normalized spacial score (nSPS) is 11.6. The minimum absolute atomic E-state index is 0.0473. The van der Waals surface area contributed by atoms with Crippen molar-refractivity contribution >= 4 is 17.6 Å². The number of anilines is 1. The summed E-state index contributed by atoms with van der Waals surface area (Å²) in [5.41, 5.74) is 0.878. The van der Waals surface area contributed by atoms with Crippen molar-refractivity contribution in [2.45, 2.75) is 39.9 Å². The Balaban J connectivity index is 1.96. The summed E-state index contributed by atoms with van der Waals surface area (Å²) in [6.07, 6.45) is -0.912. The topological polar surface area (TPSA) is 73.9 Å². The van der Waals surface area contributed by atoms with E-state index in [0.29, 0.717) is 29.4 Å². The molecule has 0 saturated heterocycles. The van der Waals surface area contributed by atoms with Gasteiger partial charge in [-0.05, 0) is 64.1 Å². The first-order valence-electron chi connectivity index (χ1n) is 8.91. The van der Waals surface area contributed by atoms with Gasteiger partial charge in [-0.1, -0.05) is 12.1 Å². The van der Waals surface area contributed by atoms with Gasteiger partial charge < -0.3 is 19.5 Å². The molecule has 0 fully saturated rings. The average Bonchev–Trinajstić information content (AvgIpc) is 2.63. The van der Waals surface area contributed by atoms with E-state index < -0.39 is 18.0 Å². The molecule has 0 bridgehead atoms. The molecule has 0 aromatic heterocycles. The van der Waals surface area contributed by atoms with Crippen LogP contribution < -0.4 is 14.8 Å². The van der Waals surface area contributed by atoms with Gasteiger partial charge in [-0.3, -0.25) is 4.79 Å². The highest BCUT2D eigenvalue weighted by molar-refractivity contribution is 5.98. The first-order chi connectivity index (χ1) is 12.9. The highest BCUT2D eigenvalue weighted by Crippen LogP contribution is 2.24. The van der Waals surface area contributed by atoms with E-state index in [1.807, 2.05) is 26.8 Å². The zero-order valence-electron chi connectivity index (χ0n) is 16.0. The molecule has 1 amide bonds. The largest absolute Gasteiger partial charge is 0.492 e. The molecule has 2 aromatic carbocycles. The second-order valence-corrected chi connectivity index (χ2v) is 6.16. The lowest BCUT2D eigenvalue weighted by molar-refractivity contribution is -0.123. The number of para-hydroxylation sites is 2. The van der Waals surface area contributed by atoms with Crippen LogP contribution in [0.4, 0.5) is 5.69 Å². The molecular weight excluding hydrogens is 346 g/mol. The Hall–Kier alpha value is -3.02. The van der Waals surface area contributed by atoms with Crippen LogP contribution in [0, 0.1) is 0 Å². The monoisotopic (exact) mass is 371 g/mol. The number of benzene rings is 2. The summed E-state index contributed by atoms with van der Waals surface area (Å²) < 4.78 is 16.3. The molecule has 144 valence electrons. The maximum atomic E-state index is 12.3. The number of carbonyl (C=O) groups is 2. The number of carbonyl (C=O) groups excluding carboxylic acids is 2. The van der Waals surface area contributed by atoms with Crippen molar-refractivity contribution in [1.82, 2.24) is 0 Å². The Morgan fingerprint density at radius 2 is 1.67 bits per heavy atom. The number of hydrogen-bond acceptors (Lipinski definition) is 5. The molecule has 0 aliphatic heterocycles. The molecule has 0 aliphatic carbocycles. The van der Waals surface area contributed by atoms with Gasteiger partial charge in [0.1, 0.15) is 11.5 Å². The number of rotatable bonds is 8. The molecule has 6 nitrogen and oxygen atoms in total. The van der Waals surface area contributed by atoms with E-state index in [4.69, 9.17) is 14.2 Å². The first kappa shape index (κ1) is 20.3. The van der Waals surface area contributed by atoms with Gasteiger partial charge in [0, 0.05) is 0 Å². The Kier molecular flexibility index (Phi) is 7.23. The van der Waals surface area contributed by atoms with Gasteiger partial charge in [-0.15, -0.1) is 0 Å². The minimum Gasteiger partial charge on any atom is -0.492 e. The molecule has 6 heteroatoms. The minimum atomic E-state index is -0.959. The zero-order valence-corrected chi connectivity index (χ0v) is 16.0. The summed E-state index contributed by atoms with van der Waals surface area (Å²) in [5.74, 6) is 0.217. The van der Waals surface area contributed by atoms with Crippen molar-refractivity contribution in [2.24, 2.45) is 0 Å². The molecule has 0 saturated carbocycles. The fraction of sp³-hybridized carbons (Fsp3) is 0.333. The molecule has 0 heterocycles. The van der Waals surface area contributed by atoms with Gasteiger partial charge >= 0.3 is 5.97 Å². The van der Waals surface area contributed by atoms with Crippen LogP contribution in [0.2, 0.25) is 0 Å². The van der Waals surface area contributed by atoms with Crippen LogP contribution in [0.5, 0.6) is 11.5 Å². The van der Waals surface area contributed by atoms with Gasteiger partial charge in [0.25, 0.3) is 5.91 Å². The highest BCUT2D eigenvalue weighted by Gasteiger charge is 2.20. The molecule has 2 rings (SSSR count). The number of amides is 1. The summed E-state index contributed by atoms with van der Waals surface area (Å²) in [6, 6.07) is 13.7. The summed E-state index contributed by atoms with van der Waals surface area (Å²) in [7, 11) is 0. The van der Waals surface area contributed by atoms with Crippen LogP contribution in [0.1, 0.15) is 38.1 Å². The van der Waals surface area contributed by atoms with Crippen LogP contribution in [0.15, 0.2) is 48.5 Å². The van der Waals surface area contributed by atoms with E-state index in [9.17, 15) is 9.59 Å². The third-order valence-electron chi connectivity index (χ3n) is 3.56. The van der Waals surface area contributed by atoms with Crippen molar-refractivity contribution in [3.05, 3.63) is 54.1 Å². The van der Waals surface area contributed by atoms with Gasteiger partial charge in [-0.25, -0.2) is 4.79 Å². The summed E-state index contributed by atoms with van der Waals surface area (Å²) >= 11 is 0. The molecule has 1 atom stereocenters. The lowest BCUT2D eigenvalue weighted by Crippen LogP contribution is -2.30. The molecule has 2 aromatic rings. The number of ether oxygens (including phenoxy) is 3. The molecule has 1 N–H and O–H groups in total. The maximum absolute atomic E-state index is 12.3. The quantitative estimate of drug-likeness (QED) is 0.709. The first-order valence-corrected chi connectivity index (χ1v) is 8.91. The molecule has 0 radical (unpaired) electrons. The second-order valence-electron chi connectivity index (χ2n) is 6.16. The van der Waals surface area contributed by atoms with Crippen molar-refractivity contribution < 1.29 is 23.8 Å². The highest BCUT2D eigenvalue weighted by atomic mass is 16.5. The van der Waals surface area contributed by atoms with E-state index in [-0.39, 0.29) is 6.10 Å². The van der Waals surface area contributed by atoms with E-state index in [1.54, 1.807) is 42.5 Å². The van der Waals surface area contributed by atoms with Crippen molar-refractivity contribution in [2.75, 3.05) is 11.9 Å². The SMILES string of the molecule is CCOc1ccccc1NC(=O)[C@@H](C)OC(=O)c1ccc(OC(C)C)cc1. The molecule has 0 spiro atoms. The fourth-order valence-electron chi connectivity index (χ4n) is 2.31. The standard InChI is InChI=1S/C21H25NO5/c1-5-25-19-9-7-6-8-18(19)22-20(23)15(4)27-21(24)16-10-12-17(13-11-16)26-14(2)3/h6-15H,5H2,1-4H3,(H,22,23)/t15-/m1/s1. The Morgan fingerprint density at radius 1 is 1.00 bits per heavy atom. The third kappa shape index (κ3) is 6.02. The van der Waals surface area contributed by atoms with Crippen molar-refractivity contribution in [3.8, 4) is 11.5 Å². The predicted molar refractivity (Wildman–Crippen MR) is 103 cm³/mol. The van der Waals surface area contributed by atoms with Gasteiger partial charge in [0.2, 0.25) is 0 Å². The van der Waals surface area contributed by atoms with Gasteiger partial charge in [0.15, 0.2) is 6.10 Å². The van der Waals surface area contributed by atoms with Crippen molar-refractivity contribution in [1.29, 1.82) is 0 Å². The van der Waals surface area contributed by atoms with Crippen LogP contribution >= 0.6 is 0 Å². The summed E-state index contributed by atoms with van der Waals surface area (Å²) in [4.78, 5) is 24.6. The summed E-state index contributed by atoms with van der Waals surface area (Å²) in [6.45, 7) is 7.71. The van der Waals surface area contributed by atoms with Crippen LogP contribution in [-0.4, -0.2) is 30.7 Å². The number of nitrogens with one attached hydrogen (secondary N) is 1. The maximum Gasteiger partial charge on any atom is 0.338 e. The van der Waals surface area contributed by atoms with Crippen LogP contribution in [0.25, 0.3) is 0 Å². The summed E-state index contributed by atoms with van der Waals surface area (Å²) in [5, 5.41) is 2.72. The molecule has 27 heavy (non-hydrogen) atoms. The third-order valence-corrected chi connectivity index (χ3v) is 3.56. The van der Waals surface area contributed by atoms with E-state index in [1.165, 1.54) is 6.92 Å². The fourth-order valence-corrected chi connectivity index (χ4v) is 2.31. The van der Waals surface area contributed by atoms with E-state index >= 15 is 0 Å². The van der Waals surface area contributed by atoms with E-state index in [2.05, 4.69) is 5.32 Å². The smallest absolute Gasteiger partial charge is 0.338 e. The Labute approximate surface area is 159 Å². The molecule has 0 unspecified atom stereocenters. The number of hydrogen-bond donors (Lipinski definition) is 1. The van der Waals surface area contributed by atoms with Crippen LogP contribution in [-0.2, 0) is 9.53 Å². The molecular formula is C21H25NO5. The number of esters is 1.